The van der Waals surface area contributed by atoms with Crippen molar-refractivity contribution in [3.8, 4) is 0 Å². The molecule has 3 heterocycles. The summed E-state index contributed by atoms with van der Waals surface area (Å²) in [7, 11) is 1.90. The minimum atomic E-state index is -0.252. The van der Waals surface area contributed by atoms with E-state index in [4.69, 9.17) is 0 Å². The average molecular weight is 339 g/mol. The van der Waals surface area contributed by atoms with Gasteiger partial charge in [-0.15, -0.1) is 0 Å². The number of aryl methyl sites for hydroxylation is 2. The molecule has 0 unspecified atom stereocenters. The standard InChI is InChI=1S/C17H18FN7/c1-3-12-9-16(25-17(22-12)20-10-21-25)19-7-6-15-23-13-5-4-11(18)8-14(13)24(15)2/h4-5,8-10,19H,3,6-7H2,1-2H3. The zero-order valence-electron chi connectivity index (χ0n) is 14.1. The van der Waals surface area contributed by atoms with Gasteiger partial charge in [-0.05, 0) is 24.6 Å². The molecule has 4 aromatic rings. The molecule has 3 aromatic heterocycles. The first kappa shape index (κ1) is 15.5. The molecule has 0 radical (unpaired) electrons. The summed E-state index contributed by atoms with van der Waals surface area (Å²) in [5.74, 6) is 2.08. The summed E-state index contributed by atoms with van der Waals surface area (Å²) >= 11 is 0. The lowest BCUT2D eigenvalue weighted by Crippen LogP contribution is -2.12. The topological polar surface area (TPSA) is 72.9 Å². The lowest BCUT2D eigenvalue weighted by Gasteiger charge is -2.09. The molecule has 0 saturated carbocycles. The van der Waals surface area contributed by atoms with Gasteiger partial charge in [0.2, 0.25) is 0 Å². The smallest absolute Gasteiger partial charge is 0.254 e. The lowest BCUT2D eigenvalue weighted by atomic mass is 10.3. The fraction of sp³-hybridized carbons (Fsp3) is 0.294. The van der Waals surface area contributed by atoms with Crippen molar-refractivity contribution in [3.05, 3.63) is 47.9 Å². The molecule has 0 amide bonds. The van der Waals surface area contributed by atoms with Gasteiger partial charge < -0.3 is 9.88 Å². The molecule has 8 heteroatoms. The van der Waals surface area contributed by atoms with Gasteiger partial charge in [0.05, 0.1) is 11.0 Å². The van der Waals surface area contributed by atoms with E-state index in [-0.39, 0.29) is 5.82 Å². The highest BCUT2D eigenvalue weighted by Crippen LogP contribution is 2.17. The first-order valence-electron chi connectivity index (χ1n) is 8.20. The van der Waals surface area contributed by atoms with Gasteiger partial charge >= 0.3 is 0 Å². The Balaban J connectivity index is 1.55. The van der Waals surface area contributed by atoms with Crippen LogP contribution in [0.3, 0.4) is 0 Å². The van der Waals surface area contributed by atoms with Gasteiger partial charge in [0.1, 0.15) is 23.8 Å². The van der Waals surface area contributed by atoms with E-state index in [1.165, 1.54) is 18.5 Å². The maximum atomic E-state index is 13.4. The highest BCUT2D eigenvalue weighted by molar-refractivity contribution is 5.75. The summed E-state index contributed by atoms with van der Waals surface area (Å²) in [4.78, 5) is 13.2. The molecule has 0 bridgehead atoms. The largest absolute Gasteiger partial charge is 0.369 e. The fourth-order valence-electron chi connectivity index (χ4n) is 2.91. The zero-order valence-corrected chi connectivity index (χ0v) is 14.1. The first-order valence-corrected chi connectivity index (χ1v) is 8.20. The van der Waals surface area contributed by atoms with E-state index >= 15 is 0 Å². The van der Waals surface area contributed by atoms with E-state index in [9.17, 15) is 4.39 Å². The van der Waals surface area contributed by atoms with Crippen molar-refractivity contribution in [2.45, 2.75) is 19.8 Å². The normalized spacial score (nSPS) is 11.5. The Labute approximate surface area is 143 Å². The molecule has 128 valence electrons. The third-order valence-electron chi connectivity index (χ3n) is 4.26. The molecule has 1 N–H and O–H groups in total. The molecule has 0 aliphatic carbocycles. The maximum absolute atomic E-state index is 13.4. The number of nitrogens with zero attached hydrogens (tertiary/aromatic N) is 6. The number of aromatic nitrogens is 6. The molecule has 0 aliphatic rings. The van der Waals surface area contributed by atoms with Crippen LogP contribution < -0.4 is 5.32 Å². The van der Waals surface area contributed by atoms with Crippen LogP contribution in [0.1, 0.15) is 18.4 Å². The van der Waals surface area contributed by atoms with Crippen LogP contribution in [0.2, 0.25) is 0 Å². The summed E-state index contributed by atoms with van der Waals surface area (Å²) in [5, 5.41) is 7.57. The van der Waals surface area contributed by atoms with Crippen LogP contribution in [0.4, 0.5) is 10.2 Å². The Morgan fingerprint density at radius 3 is 2.92 bits per heavy atom. The minimum Gasteiger partial charge on any atom is -0.369 e. The van der Waals surface area contributed by atoms with Crippen molar-refractivity contribution in [1.29, 1.82) is 0 Å². The summed E-state index contributed by atoms with van der Waals surface area (Å²) in [6.45, 7) is 2.72. The number of rotatable bonds is 5. The molecule has 7 nitrogen and oxygen atoms in total. The van der Waals surface area contributed by atoms with E-state index < -0.39 is 0 Å². The fourth-order valence-corrected chi connectivity index (χ4v) is 2.91. The third kappa shape index (κ3) is 2.79. The summed E-state index contributed by atoms with van der Waals surface area (Å²) < 4.78 is 17.0. The second kappa shape index (κ2) is 6.12. The number of fused-ring (bicyclic) bond motifs is 2. The SMILES string of the molecule is CCc1cc(NCCc2nc3ccc(F)cc3n2C)n2ncnc2n1. The lowest BCUT2D eigenvalue weighted by molar-refractivity contribution is 0.628. The number of benzene rings is 1. The van der Waals surface area contributed by atoms with Crippen molar-refractivity contribution < 1.29 is 4.39 Å². The number of halogens is 1. The highest BCUT2D eigenvalue weighted by atomic mass is 19.1. The maximum Gasteiger partial charge on any atom is 0.254 e. The van der Waals surface area contributed by atoms with Crippen molar-refractivity contribution in [2.24, 2.45) is 7.05 Å². The average Bonchev–Trinajstić information content (AvgIpc) is 3.20. The number of hydrogen-bond acceptors (Lipinski definition) is 5. The Bertz CT molecular complexity index is 1050. The molecule has 0 fully saturated rings. The van der Waals surface area contributed by atoms with Gasteiger partial charge in [-0.25, -0.2) is 14.4 Å². The van der Waals surface area contributed by atoms with Crippen LogP contribution >= 0.6 is 0 Å². The molecular weight excluding hydrogens is 321 g/mol. The number of nitrogens with one attached hydrogen (secondary N) is 1. The van der Waals surface area contributed by atoms with E-state index in [1.807, 2.05) is 17.7 Å². The van der Waals surface area contributed by atoms with Crippen molar-refractivity contribution >= 4 is 22.6 Å². The summed E-state index contributed by atoms with van der Waals surface area (Å²) in [5.41, 5.74) is 2.56. The number of anilines is 1. The van der Waals surface area contributed by atoms with Crippen molar-refractivity contribution in [1.82, 2.24) is 29.1 Å². The van der Waals surface area contributed by atoms with Crippen LogP contribution in [0.25, 0.3) is 16.8 Å². The van der Waals surface area contributed by atoms with E-state index in [0.717, 1.165) is 34.8 Å². The van der Waals surface area contributed by atoms with Crippen LogP contribution in [-0.4, -0.2) is 35.7 Å². The van der Waals surface area contributed by atoms with Gasteiger partial charge in [0, 0.05) is 31.8 Å². The molecule has 1 aromatic carbocycles. The molecule has 4 rings (SSSR count). The minimum absolute atomic E-state index is 0.252. The molecule has 25 heavy (non-hydrogen) atoms. The Kier molecular flexibility index (Phi) is 3.79. The van der Waals surface area contributed by atoms with E-state index in [0.29, 0.717) is 18.7 Å². The van der Waals surface area contributed by atoms with Gasteiger partial charge in [-0.1, -0.05) is 6.92 Å². The third-order valence-corrected chi connectivity index (χ3v) is 4.26. The number of imidazole rings is 1. The van der Waals surface area contributed by atoms with Crippen molar-refractivity contribution in [3.63, 3.8) is 0 Å². The molecule has 0 spiro atoms. The Hall–Kier alpha value is -3.03. The predicted octanol–water partition coefficient (Wildman–Crippen LogP) is 2.37. The molecule has 0 saturated heterocycles. The van der Waals surface area contributed by atoms with E-state index in [2.05, 4.69) is 32.3 Å². The number of hydrogen-bond donors (Lipinski definition) is 1. The summed E-state index contributed by atoms with van der Waals surface area (Å²) in [6.07, 6.45) is 3.02. The second-order valence-electron chi connectivity index (χ2n) is 5.85. The molecular formula is C17H18FN7. The van der Waals surface area contributed by atoms with Gasteiger partial charge in [-0.2, -0.15) is 14.6 Å². The van der Waals surface area contributed by atoms with Gasteiger partial charge in [0.15, 0.2) is 0 Å². The van der Waals surface area contributed by atoms with E-state index in [1.54, 1.807) is 10.6 Å². The monoisotopic (exact) mass is 339 g/mol. The molecule has 0 aliphatic heterocycles. The first-order chi connectivity index (χ1) is 12.2. The zero-order chi connectivity index (χ0) is 17.4. The highest BCUT2D eigenvalue weighted by Gasteiger charge is 2.10. The van der Waals surface area contributed by atoms with Crippen LogP contribution in [-0.2, 0) is 19.9 Å². The van der Waals surface area contributed by atoms with Gasteiger partial charge in [-0.3, -0.25) is 0 Å². The molecule has 0 atom stereocenters. The van der Waals surface area contributed by atoms with Gasteiger partial charge in [0.25, 0.3) is 5.78 Å². The Morgan fingerprint density at radius 1 is 1.20 bits per heavy atom. The van der Waals surface area contributed by atoms with Crippen LogP contribution in [0.15, 0.2) is 30.6 Å². The second-order valence-corrected chi connectivity index (χ2v) is 5.85. The van der Waals surface area contributed by atoms with Crippen LogP contribution in [0, 0.1) is 5.82 Å². The summed E-state index contributed by atoms with van der Waals surface area (Å²) in [6, 6.07) is 6.62. The van der Waals surface area contributed by atoms with Crippen LogP contribution in [0.5, 0.6) is 0 Å². The Morgan fingerprint density at radius 2 is 2.08 bits per heavy atom. The predicted molar refractivity (Wildman–Crippen MR) is 93.0 cm³/mol. The van der Waals surface area contributed by atoms with Crippen molar-refractivity contribution in [2.75, 3.05) is 11.9 Å². The quantitative estimate of drug-likeness (QED) is 0.604.